The van der Waals surface area contributed by atoms with Gasteiger partial charge in [-0.25, -0.2) is 0 Å². The van der Waals surface area contributed by atoms with E-state index < -0.39 is 0 Å². The third kappa shape index (κ3) is 6.23. The first kappa shape index (κ1) is 16.7. The van der Waals surface area contributed by atoms with Gasteiger partial charge in [-0.1, -0.05) is 30.3 Å². The first-order valence-electron chi connectivity index (χ1n) is 6.67. The number of halogens is 1. The van der Waals surface area contributed by atoms with E-state index in [2.05, 4.69) is 20.9 Å². The summed E-state index contributed by atoms with van der Waals surface area (Å²) in [5.74, 6) is 0.856. The van der Waals surface area contributed by atoms with Gasteiger partial charge in [-0.05, 0) is 12.0 Å². The average Bonchev–Trinajstić information content (AvgIpc) is 2.47. The highest BCUT2D eigenvalue weighted by atomic mass is 127. The molecule has 1 aromatic rings. The number of hydrogen-bond acceptors (Lipinski definition) is 4. The van der Waals surface area contributed by atoms with E-state index in [-0.39, 0.29) is 29.9 Å². The van der Waals surface area contributed by atoms with Gasteiger partial charge in [0.1, 0.15) is 0 Å². The molecule has 0 bridgehead atoms. The van der Waals surface area contributed by atoms with Crippen LogP contribution >= 0.6 is 24.0 Å². The molecular weight excluding hydrogens is 367 g/mol. The molecule has 1 aliphatic rings. The molecule has 110 valence electrons. The molecule has 3 N–H and O–H groups in total. The van der Waals surface area contributed by atoms with E-state index in [1.165, 1.54) is 0 Å². The Morgan fingerprint density at radius 2 is 2.10 bits per heavy atom. The van der Waals surface area contributed by atoms with E-state index in [1.807, 2.05) is 30.3 Å². The van der Waals surface area contributed by atoms with Crippen LogP contribution in [-0.4, -0.2) is 31.5 Å². The molecular formula is C14H21IN4O. The van der Waals surface area contributed by atoms with Gasteiger partial charge >= 0.3 is 0 Å². The van der Waals surface area contributed by atoms with E-state index in [0.29, 0.717) is 19.5 Å². The number of carbonyl (C=O) groups excluding carboxylic acids is 1. The van der Waals surface area contributed by atoms with Crippen molar-refractivity contribution in [3.63, 3.8) is 0 Å². The Hall–Kier alpha value is -1.31. The summed E-state index contributed by atoms with van der Waals surface area (Å²) in [5, 5.41) is 9.18. The van der Waals surface area contributed by atoms with Crippen molar-refractivity contribution in [3.8, 4) is 0 Å². The zero-order chi connectivity index (χ0) is 13.3. The van der Waals surface area contributed by atoms with Gasteiger partial charge in [-0.2, -0.15) is 0 Å². The molecule has 1 aliphatic heterocycles. The number of hydrogen-bond donors (Lipinski definition) is 3. The van der Waals surface area contributed by atoms with Crippen molar-refractivity contribution in [2.75, 3.05) is 19.6 Å². The van der Waals surface area contributed by atoms with Crippen molar-refractivity contribution in [2.45, 2.75) is 19.4 Å². The van der Waals surface area contributed by atoms with Crippen molar-refractivity contribution < 1.29 is 4.79 Å². The zero-order valence-corrected chi connectivity index (χ0v) is 13.7. The Morgan fingerprint density at radius 3 is 2.80 bits per heavy atom. The minimum atomic E-state index is 0. The quantitative estimate of drug-likeness (QED) is 0.666. The molecule has 6 heteroatoms. The third-order valence-electron chi connectivity index (χ3n) is 2.87. The monoisotopic (exact) mass is 388 g/mol. The summed E-state index contributed by atoms with van der Waals surface area (Å²) >= 11 is 0. The van der Waals surface area contributed by atoms with Crippen molar-refractivity contribution in [1.82, 2.24) is 16.0 Å². The predicted octanol–water partition coefficient (Wildman–Crippen LogP) is 1.25. The first-order chi connectivity index (χ1) is 9.34. The number of benzene rings is 1. The van der Waals surface area contributed by atoms with Crippen LogP contribution in [-0.2, 0) is 11.3 Å². The standard InChI is InChI=1S/C14H20N4O.HI/c19-13(18-11-12-5-2-1-3-6-12)7-10-17-14-15-8-4-9-16-14;/h1-3,5-6H,4,7-11H2,(H,18,19)(H2,15,16,17);1H. The molecule has 0 saturated carbocycles. The minimum Gasteiger partial charge on any atom is -0.356 e. The largest absolute Gasteiger partial charge is 0.356 e. The lowest BCUT2D eigenvalue weighted by molar-refractivity contribution is -0.121. The number of carbonyl (C=O) groups is 1. The Kier molecular flexibility index (Phi) is 8.01. The molecule has 0 atom stereocenters. The maximum Gasteiger partial charge on any atom is 0.222 e. The second kappa shape index (κ2) is 9.57. The SMILES string of the molecule is I.O=C(CCNC1=NCCCN1)NCc1ccccc1. The molecule has 1 amide bonds. The summed E-state index contributed by atoms with van der Waals surface area (Å²) in [7, 11) is 0. The van der Waals surface area contributed by atoms with Crippen LogP contribution < -0.4 is 16.0 Å². The van der Waals surface area contributed by atoms with Crippen molar-refractivity contribution in [3.05, 3.63) is 35.9 Å². The maximum atomic E-state index is 11.6. The molecule has 0 radical (unpaired) electrons. The van der Waals surface area contributed by atoms with Gasteiger partial charge in [0.2, 0.25) is 5.91 Å². The molecule has 1 heterocycles. The fourth-order valence-corrected chi connectivity index (χ4v) is 1.83. The molecule has 1 aromatic carbocycles. The van der Waals surface area contributed by atoms with Crippen LogP contribution in [0.1, 0.15) is 18.4 Å². The van der Waals surface area contributed by atoms with Gasteiger partial charge in [0, 0.05) is 32.6 Å². The highest BCUT2D eigenvalue weighted by molar-refractivity contribution is 14.0. The summed E-state index contributed by atoms with van der Waals surface area (Å²) in [6.45, 7) is 2.99. The van der Waals surface area contributed by atoms with Crippen LogP contribution in [0.3, 0.4) is 0 Å². The van der Waals surface area contributed by atoms with Crippen molar-refractivity contribution in [2.24, 2.45) is 4.99 Å². The fraction of sp³-hybridized carbons (Fsp3) is 0.429. The summed E-state index contributed by atoms with van der Waals surface area (Å²) < 4.78 is 0. The summed E-state index contributed by atoms with van der Waals surface area (Å²) in [4.78, 5) is 15.9. The molecule has 5 nitrogen and oxygen atoms in total. The van der Waals surface area contributed by atoms with Crippen LogP contribution in [0.15, 0.2) is 35.3 Å². The molecule has 2 rings (SSSR count). The second-order valence-electron chi connectivity index (χ2n) is 4.45. The third-order valence-corrected chi connectivity index (χ3v) is 2.87. The Bertz CT molecular complexity index is 436. The topological polar surface area (TPSA) is 65.5 Å². The fourth-order valence-electron chi connectivity index (χ4n) is 1.83. The zero-order valence-electron chi connectivity index (χ0n) is 11.4. The molecule has 0 saturated heterocycles. The van der Waals surface area contributed by atoms with E-state index in [4.69, 9.17) is 0 Å². The summed E-state index contributed by atoms with van der Waals surface area (Å²) in [6, 6.07) is 9.90. The number of aliphatic imine (C=N–C) groups is 1. The van der Waals surface area contributed by atoms with Crippen LogP contribution in [0.2, 0.25) is 0 Å². The molecule has 0 aromatic heterocycles. The minimum absolute atomic E-state index is 0. The van der Waals surface area contributed by atoms with Gasteiger partial charge in [0.25, 0.3) is 0 Å². The number of guanidine groups is 1. The number of nitrogens with zero attached hydrogens (tertiary/aromatic N) is 1. The Labute approximate surface area is 136 Å². The first-order valence-corrected chi connectivity index (χ1v) is 6.67. The Balaban J connectivity index is 0.00000200. The van der Waals surface area contributed by atoms with E-state index in [0.717, 1.165) is 31.0 Å². The van der Waals surface area contributed by atoms with E-state index in [9.17, 15) is 4.79 Å². The van der Waals surface area contributed by atoms with Crippen LogP contribution in [0.4, 0.5) is 0 Å². The Morgan fingerprint density at radius 1 is 1.30 bits per heavy atom. The van der Waals surface area contributed by atoms with Crippen molar-refractivity contribution >= 4 is 35.8 Å². The highest BCUT2D eigenvalue weighted by Crippen LogP contribution is 1.97. The normalized spacial score (nSPS) is 13.5. The lowest BCUT2D eigenvalue weighted by Crippen LogP contribution is -2.42. The van der Waals surface area contributed by atoms with E-state index >= 15 is 0 Å². The van der Waals surface area contributed by atoms with Crippen LogP contribution in [0, 0.1) is 0 Å². The van der Waals surface area contributed by atoms with Gasteiger partial charge in [-0.3, -0.25) is 9.79 Å². The van der Waals surface area contributed by atoms with Crippen LogP contribution in [0.5, 0.6) is 0 Å². The number of nitrogens with one attached hydrogen (secondary N) is 3. The second-order valence-corrected chi connectivity index (χ2v) is 4.45. The van der Waals surface area contributed by atoms with E-state index in [1.54, 1.807) is 0 Å². The average molecular weight is 388 g/mol. The highest BCUT2D eigenvalue weighted by Gasteiger charge is 2.04. The van der Waals surface area contributed by atoms with Gasteiger partial charge < -0.3 is 16.0 Å². The van der Waals surface area contributed by atoms with Gasteiger partial charge in [-0.15, -0.1) is 24.0 Å². The predicted molar refractivity (Wildman–Crippen MR) is 91.2 cm³/mol. The molecule has 0 fully saturated rings. The molecule has 0 unspecified atom stereocenters. The smallest absolute Gasteiger partial charge is 0.222 e. The lowest BCUT2D eigenvalue weighted by atomic mass is 10.2. The molecule has 0 aliphatic carbocycles. The van der Waals surface area contributed by atoms with Gasteiger partial charge in [0.15, 0.2) is 5.96 Å². The lowest BCUT2D eigenvalue weighted by Gasteiger charge is -2.15. The van der Waals surface area contributed by atoms with Crippen LogP contribution in [0.25, 0.3) is 0 Å². The van der Waals surface area contributed by atoms with Crippen molar-refractivity contribution in [1.29, 1.82) is 0 Å². The number of amides is 1. The summed E-state index contributed by atoms with van der Waals surface area (Å²) in [5.41, 5.74) is 1.11. The van der Waals surface area contributed by atoms with Gasteiger partial charge in [0.05, 0.1) is 0 Å². The number of rotatable bonds is 5. The molecule has 0 spiro atoms. The summed E-state index contributed by atoms with van der Waals surface area (Å²) in [6.07, 6.45) is 1.52. The molecule has 20 heavy (non-hydrogen) atoms. The maximum absolute atomic E-state index is 11.6.